The molecular weight excluding hydrogens is 456 g/mol. The zero-order valence-electron chi connectivity index (χ0n) is 17.6. The molecule has 33 heavy (non-hydrogen) atoms. The van der Waals surface area contributed by atoms with Gasteiger partial charge in [-0.3, -0.25) is 19.7 Å². The van der Waals surface area contributed by atoms with E-state index in [1.54, 1.807) is 24.3 Å². The van der Waals surface area contributed by atoms with Crippen molar-refractivity contribution < 1.29 is 32.4 Å². The van der Waals surface area contributed by atoms with Gasteiger partial charge in [-0.05, 0) is 18.2 Å². The Morgan fingerprint density at radius 2 is 1.82 bits per heavy atom. The molecule has 0 saturated carbocycles. The number of methoxy groups -OCH3 is 1. The first-order valence-corrected chi connectivity index (χ1v) is 11.2. The highest BCUT2D eigenvalue weighted by Gasteiger charge is 2.37. The summed E-state index contributed by atoms with van der Waals surface area (Å²) >= 11 is 0. The number of nitrogens with one attached hydrogen (secondary N) is 2. The SMILES string of the molecule is COc1ccccc1CNC(=O)C(=O)NC[C@@H]1OCCN1S(=O)(=O)c1ccc([N+](=O)[O-])cc1. The maximum absolute atomic E-state index is 12.9. The van der Waals surface area contributed by atoms with Crippen molar-refractivity contribution in [2.24, 2.45) is 0 Å². The summed E-state index contributed by atoms with van der Waals surface area (Å²) in [7, 11) is -2.54. The van der Waals surface area contributed by atoms with Crippen LogP contribution in [0.5, 0.6) is 5.75 Å². The summed E-state index contributed by atoms with van der Waals surface area (Å²) < 4.78 is 37.4. The topological polar surface area (TPSA) is 157 Å². The van der Waals surface area contributed by atoms with E-state index in [1.165, 1.54) is 7.11 Å². The van der Waals surface area contributed by atoms with Crippen LogP contribution in [0.15, 0.2) is 53.4 Å². The number of hydrogen-bond donors (Lipinski definition) is 2. The standard InChI is InChI=1S/C20H22N4O8S/c1-31-17-5-3-2-4-14(17)12-21-19(25)20(26)22-13-18-23(10-11-32-18)33(29,30)16-8-6-15(7-9-16)24(27)28/h2-9,18H,10-13H2,1H3,(H,21,25)(H,22,26)/t18-/m0/s1. The predicted octanol–water partition coefficient (Wildman–Crippen LogP) is 0.383. The van der Waals surface area contributed by atoms with Gasteiger partial charge in [0, 0.05) is 30.8 Å². The summed E-state index contributed by atoms with van der Waals surface area (Å²) in [5, 5.41) is 15.6. The lowest BCUT2D eigenvalue weighted by molar-refractivity contribution is -0.384. The Morgan fingerprint density at radius 1 is 1.15 bits per heavy atom. The van der Waals surface area contributed by atoms with Gasteiger partial charge in [0.1, 0.15) is 12.0 Å². The average molecular weight is 478 g/mol. The fourth-order valence-corrected chi connectivity index (χ4v) is 4.69. The molecule has 1 atom stereocenters. The maximum atomic E-state index is 12.9. The number of carbonyl (C=O) groups excluding carboxylic acids is 2. The first-order chi connectivity index (χ1) is 15.7. The minimum atomic E-state index is -4.03. The molecule has 0 bridgehead atoms. The van der Waals surface area contributed by atoms with Gasteiger partial charge in [-0.15, -0.1) is 0 Å². The average Bonchev–Trinajstić information content (AvgIpc) is 3.30. The van der Waals surface area contributed by atoms with Crippen molar-refractivity contribution in [3.05, 3.63) is 64.2 Å². The van der Waals surface area contributed by atoms with Crippen molar-refractivity contribution in [1.82, 2.24) is 14.9 Å². The molecule has 13 heteroatoms. The van der Waals surface area contributed by atoms with E-state index in [-0.39, 0.29) is 36.8 Å². The highest BCUT2D eigenvalue weighted by atomic mass is 32.2. The van der Waals surface area contributed by atoms with Crippen LogP contribution in [0.25, 0.3) is 0 Å². The van der Waals surface area contributed by atoms with E-state index in [0.717, 1.165) is 28.6 Å². The zero-order chi connectivity index (χ0) is 24.0. The molecule has 0 unspecified atom stereocenters. The van der Waals surface area contributed by atoms with E-state index in [1.807, 2.05) is 0 Å². The van der Waals surface area contributed by atoms with Crippen LogP contribution in [-0.4, -0.2) is 62.5 Å². The van der Waals surface area contributed by atoms with E-state index in [4.69, 9.17) is 9.47 Å². The van der Waals surface area contributed by atoms with E-state index in [2.05, 4.69) is 10.6 Å². The normalized spacial score (nSPS) is 16.2. The Kier molecular flexibility index (Phi) is 7.58. The largest absolute Gasteiger partial charge is 0.496 e. The second-order valence-electron chi connectivity index (χ2n) is 6.90. The highest BCUT2D eigenvalue weighted by Crippen LogP contribution is 2.24. The van der Waals surface area contributed by atoms with Crippen LogP contribution < -0.4 is 15.4 Å². The van der Waals surface area contributed by atoms with Crippen molar-refractivity contribution in [3.63, 3.8) is 0 Å². The molecule has 1 fully saturated rings. The van der Waals surface area contributed by atoms with Gasteiger partial charge >= 0.3 is 11.8 Å². The number of para-hydroxylation sites is 1. The van der Waals surface area contributed by atoms with Crippen molar-refractivity contribution in [1.29, 1.82) is 0 Å². The quantitative estimate of drug-likeness (QED) is 0.313. The first-order valence-electron chi connectivity index (χ1n) is 9.80. The molecule has 2 aromatic rings. The van der Waals surface area contributed by atoms with Gasteiger partial charge in [-0.25, -0.2) is 8.42 Å². The van der Waals surface area contributed by atoms with E-state index in [9.17, 15) is 28.1 Å². The van der Waals surface area contributed by atoms with Gasteiger partial charge in [0.25, 0.3) is 5.69 Å². The molecule has 3 rings (SSSR count). The molecule has 176 valence electrons. The lowest BCUT2D eigenvalue weighted by Gasteiger charge is -2.22. The molecule has 2 N–H and O–H groups in total. The Balaban J connectivity index is 1.58. The van der Waals surface area contributed by atoms with Gasteiger partial charge in [0.05, 0.1) is 30.1 Å². The molecule has 1 aliphatic rings. The maximum Gasteiger partial charge on any atom is 0.309 e. The summed E-state index contributed by atoms with van der Waals surface area (Å²) in [5.41, 5.74) is 0.440. The molecule has 0 radical (unpaired) electrons. The summed E-state index contributed by atoms with van der Waals surface area (Å²) in [6.45, 7) is -0.0728. The van der Waals surface area contributed by atoms with Crippen molar-refractivity contribution in [2.75, 3.05) is 26.8 Å². The first kappa shape index (κ1) is 24.1. The van der Waals surface area contributed by atoms with E-state index < -0.39 is 33.0 Å². The van der Waals surface area contributed by atoms with Crippen LogP contribution in [-0.2, 0) is 30.9 Å². The van der Waals surface area contributed by atoms with Gasteiger partial charge in [-0.1, -0.05) is 18.2 Å². The smallest absolute Gasteiger partial charge is 0.309 e. The van der Waals surface area contributed by atoms with Crippen LogP contribution in [0.1, 0.15) is 5.56 Å². The molecule has 1 heterocycles. The minimum absolute atomic E-state index is 0.0276. The Labute approximate surface area is 189 Å². The van der Waals surface area contributed by atoms with Crippen molar-refractivity contribution >= 4 is 27.5 Å². The molecule has 2 aromatic carbocycles. The predicted molar refractivity (Wildman–Crippen MR) is 115 cm³/mol. The second kappa shape index (κ2) is 10.4. The summed E-state index contributed by atoms with van der Waals surface area (Å²) in [4.78, 5) is 34.3. The molecule has 0 aliphatic carbocycles. The molecule has 2 amide bonds. The molecule has 0 spiro atoms. The second-order valence-corrected chi connectivity index (χ2v) is 8.79. The number of sulfonamides is 1. The number of nitro groups is 1. The minimum Gasteiger partial charge on any atom is -0.496 e. The number of nitrogens with zero attached hydrogens (tertiary/aromatic N) is 2. The number of ether oxygens (including phenoxy) is 2. The van der Waals surface area contributed by atoms with Crippen molar-refractivity contribution in [3.8, 4) is 5.75 Å². The van der Waals surface area contributed by atoms with Gasteiger partial charge in [0.2, 0.25) is 10.0 Å². The Bertz CT molecular complexity index is 1140. The fourth-order valence-electron chi connectivity index (χ4n) is 3.18. The monoisotopic (exact) mass is 478 g/mol. The van der Waals surface area contributed by atoms with Crippen LogP contribution in [0, 0.1) is 10.1 Å². The third kappa shape index (κ3) is 5.63. The van der Waals surface area contributed by atoms with Crippen molar-refractivity contribution in [2.45, 2.75) is 17.7 Å². The van der Waals surface area contributed by atoms with Crippen LogP contribution in [0.2, 0.25) is 0 Å². The number of non-ortho nitro benzene ring substituents is 1. The van der Waals surface area contributed by atoms with E-state index in [0.29, 0.717) is 11.3 Å². The Morgan fingerprint density at radius 3 is 2.48 bits per heavy atom. The Hall–Kier alpha value is -3.55. The van der Waals surface area contributed by atoms with Gasteiger partial charge in [0.15, 0.2) is 0 Å². The number of carbonyl (C=O) groups is 2. The number of hydrogen-bond acceptors (Lipinski definition) is 8. The highest BCUT2D eigenvalue weighted by molar-refractivity contribution is 7.89. The molecule has 0 aromatic heterocycles. The molecule has 1 saturated heterocycles. The zero-order valence-corrected chi connectivity index (χ0v) is 18.4. The number of nitro benzene ring substituents is 1. The lowest BCUT2D eigenvalue weighted by atomic mass is 10.2. The third-order valence-corrected chi connectivity index (χ3v) is 6.78. The fraction of sp³-hybridized carbons (Fsp3) is 0.300. The van der Waals surface area contributed by atoms with Gasteiger partial charge < -0.3 is 20.1 Å². The number of rotatable bonds is 8. The summed E-state index contributed by atoms with van der Waals surface area (Å²) in [6.07, 6.45) is -1.03. The lowest BCUT2D eigenvalue weighted by Crippen LogP contribution is -2.47. The summed E-state index contributed by atoms with van der Waals surface area (Å²) in [6, 6.07) is 11.4. The van der Waals surface area contributed by atoms with Gasteiger partial charge in [-0.2, -0.15) is 4.31 Å². The molecule has 12 nitrogen and oxygen atoms in total. The number of benzene rings is 2. The van der Waals surface area contributed by atoms with E-state index >= 15 is 0 Å². The summed E-state index contributed by atoms with van der Waals surface area (Å²) in [5.74, 6) is -1.29. The third-order valence-electron chi connectivity index (χ3n) is 4.87. The van der Waals surface area contributed by atoms with Crippen LogP contribution in [0.4, 0.5) is 5.69 Å². The number of amides is 2. The molecular formula is C20H22N4O8S. The van der Waals surface area contributed by atoms with Crippen LogP contribution in [0.3, 0.4) is 0 Å². The molecule has 1 aliphatic heterocycles. The van der Waals surface area contributed by atoms with Crippen LogP contribution >= 0.6 is 0 Å².